The van der Waals surface area contributed by atoms with Crippen LogP contribution < -0.4 is 4.83 Å². The highest BCUT2D eigenvalue weighted by Crippen LogP contribution is 2.30. The fourth-order valence-electron chi connectivity index (χ4n) is 1.62. The van der Waals surface area contributed by atoms with E-state index in [1.165, 1.54) is 18.3 Å². The maximum absolute atomic E-state index is 12.0. The highest BCUT2D eigenvalue weighted by Gasteiger charge is 2.12. The second-order valence-corrected chi connectivity index (χ2v) is 7.92. The average molecular weight is 448 g/mol. The molecule has 0 aliphatic rings. The quantitative estimate of drug-likeness (QED) is 0.555. The second-order valence-electron chi connectivity index (χ2n) is 4.49. The molecule has 0 saturated heterocycles. The number of benzene rings is 2. The van der Waals surface area contributed by atoms with Crippen LogP contribution in [0, 0.1) is 6.92 Å². The van der Waals surface area contributed by atoms with Gasteiger partial charge in [0.15, 0.2) is 0 Å². The number of phenolic OH excluding ortho intramolecular Hbond substituents is 1. The highest BCUT2D eigenvalue weighted by atomic mass is 79.9. The van der Waals surface area contributed by atoms with Crippen molar-refractivity contribution in [2.45, 2.75) is 11.8 Å². The van der Waals surface area contributed by atoms with Gasteiger partial charge in [-0.15, -0.1) is 0 Å². The summed E-state index contributed by atoms with van der Waals surface area (Å²) in [6.45, 7) is 1.87. The van der Waals surface area contributed by atoms with Crippen LogP contribution in [-0.4, -0.2) is 19.7 Å². The molecule has 0 spiro atoms. The Balaban J connectivity index is 2.20. The van der Waals surface area contributed by atoms with E-state index in [2.05, 4.69) is 41.8 Å². The molecule has 22 heavy (non-hydrogen) atoms. The molecule has 2 aromatic carbocycles. The first-order valence-electron chi connectivity index (χ1n) is 6.09. The number of hydrogen-bond donors (Lipinski definition) is 2. The van der Waals surface area contributed by atoms with E-state index in [-0.39, 0.29) is 10.6 Å². The van der Waals surface area contributed by atoms with E-state index in [1.807, 2.05) is 6.92 Å². The number of hydrogen-bond acceptors (Lipinski definition) is 4. The lowest BCUT2D eigenvalue weighted by Crippen LogP contribution is -2.18. The predicted molar refractivity (Wildman–Crippen MR) is 92.6 cm³/mol. The third kappa shape index (κ3) is 4.08. The molecule has 116 valence electrons. The third-order valence-corrected chi connectivity index (χ3v) is 5.07. The Labute approximate surface area is 145 Å². The van der Waals surface area contributed by atoms with E-state index in [4.69, 9.17) is 0 Å². The number of nitrogens with one attached hydrogen (secondary N) is 1. The average Bonchev–Trinajstić information content (AvgIpc) is 2.44. The summed E-state index contributed by atoms with van der Waals surface area (Å²) in [6, 6.07) is 9.69. The predicted octanol–water partition coefficient (Wildman–Crippen LogP) is 3.54. The number of sulfonamides is 1. The molecule has 0 fully saturated rings. The number of rotatable bonds is 4. The van der Waals surface area contributed by atoms with Crippen molar-refractivity contribution >= 4 is 48.1 Å². The van der Waals surface area contributed by atoms with Crippen LogP contribution in [0.5, 0.6) is 5.75 Å². The van der Waals surface area contributed by atoms with Gasteiger partial charge < -0.3 is 5.11 Å². The van der Waals surface area contributed by atoms with Crippen LogP contribution in [0.4, 0.5) is 0 Å². The van der Waals surface area contributed by atoms with Gasteiger partial charge in [-0.05, 0) is 47.1 Å². The molecule has 0 radical (unpaired) electrons. The van der Waals surface area contributed by atoms with Crippen LogP contribution in [0.3, 0.4) is 0 Å². The summed E-state index contributed by atoms with van der Waals surface area (Å²) in [7, 11) is -3.73. The fourth-order valence-corrected chi connectivity index (χ4v) is 3.67. The van der Waals surface area contributed by atoms with E-state index in [9.17, 15) is 13.5 Å². The normalized spacial score (nSPS) is 11.8. The molecular formula is C14H12Br2N2O3S. The Morgan fingerprint density at radius 2 is 1.82 bits per heavy atom. The molecule has 0 atom stereocenters. The fraction of sp³-hybridized carbons (Fsp3) is 0.0714. The molecular weight excluding hydrogens is 436 g/mol. The van der Waals surface area contributed by atoms with Gasteiger partial charge in [-0.2, -0.15) is 13.5 Å². The molecule has 5 nitrogen and oxygen atoms in total. The minimum absolute atomic E-state index is 0.0264. The van der Waals surface area contributed by atoms with E-state index in [1.54, 1.807) is 24.3 Å². The van der Waals surface area contributed by atoms with Crippen molar-refractivity contribution in [3.8, 4) is 5.75 Å². The van der Waals surface area contributed by atoms with Crippen molar-refractivity contribution in [1.82, 2.24) is 4.83 Å². The number of halogens is 2. The summed E-state index contributed by atoms with van der Waals surface area (Å²) in [5, 5.41) is 13.6. The molecule has 0 aromatic heterocycles. The van der Waals surface area contributed by atoms with Gasteiger partial charge in [0.2, 0.25) is 0 Å². The van der Waals surface area contributed by atoms with Crippen LogP contribution in [0.1, 0.15) is 11.1 Å². The molecule has 8 heteroatoms. The zero-order valence-corrected chi connectivity index (χ0v) is 15.4. The molecule has 0 aliphatic heterocycles. The summed E-state index contributed by atoms with van der Waals surface area (Å²) < 4.78 is 25.3. The Morgan fingerprint density at radius 1 is 1.18 bits per heavy atom. The monoisotopic (exact) mass is 446 g/mol. The van der Waals surface area contributed by atoms with Crippen molar-refractivity contribution < 1.29 is 13.5 Å². The highest BCUT2D eigenvalue weighted by molar-refractivity contribution is 9.11. The van der Waals surface area contributed by atoms with Gasteiger partial charge in [0.05, 0.1) is 15.6 Å². The van der Waals surface area contributed by atoms with Gasteiger partial charge in [-0.25, -0.2) is 4.83 Å². The van der Waals surface area contributed by atoms with E-state index < -0.39 is 10.0 Å². The van der Waals surface area contributed by atoms with Crippen molar-refractivity contribution in [3.63, 3.8) is 0 Å². The van der Waals surface area contributed by atoms with Crippen molar-refractivity contribution in [1.29, 1.82) is 0 Å². The summed E-state index contributed by atoms with van der Waals surface area (Å²) in [6.07, 6.45) is 1.23. The summed E-state index contributed by atoms with van der Waals surface area (Å²) in [4.78, 5) is 2.23. The Hall–Kier alpha value is -1.38. The lowest BCUT2D eigenvalue weighted by molar-refractivity contribution is 0.471. The topological polar surface area (TPSA) is 78.8 Å². The molecule has 0 saturated carbocycles. The molecule has 2 rings (SSSR count). The molecule has 0 heterocycles. The number of phenols is 1. The molecule has 2 N–H and O–H groups in total. The van der Waals surface area contributed by atoms with E-state index >= 15 is 0 Å². The Bertz CT molecular complexity index is 819. The number of aryl methyl sites for hydroxylation is 1. The standard InChI is InChI=1S/C14H12Br2N2O3S/c1-9-2-4-12(5-3-9)22(20,21)18-17-8-10-6-11(15)7-13(16)14(10)19/h2-8,18-19H,1H3. The Morgan fingerprint density at radius 3 is 2.45 bits per heavy atom. The second kappa shape index (κ2) is 6.80. The molecule has 0 aliphatic carbocycles. The van der Waals surface area contributed by atoms with Crippen molar-refractivity contribution in [3.05, 3.63) is 56.5 Å². The largest absolute Gasteiger partial charge is 0.506 e. The van der Waals surface area contributed by atoms with Crippen LogP contribution in [-0.2, 0) is 10.0 Å². The van der Waals surface area contributed by atoms with Gasteiger partial charge in [0.25, 0.3) is 10.0 Å². The van der Waals surface area contributed by atoms with Gasteiger partial charge in [0.1, 0.15) is 5.75 Å². The summed E-state index contributed by atoms with van der Waals surface area (Å²) >= 11 is 6.47. The smallest absolute Gasteiger partial charge is 0.276 e. The first-order chi connectivity index (χ1) is 10.3. The molecule has 0 bridgehead atoms. The van der Waals surface area contributed by atoms with Gasteiger partial charge in [0, 0.05) is 10.0 Å². The maximum atomic E-state index is 12.0. The van der Waals surface area contributed by atoms with Gasteiger partial charge >= 0.3 is 0 Å². The van der Waals surface area contributed by atoms with Gasteiger partial charge in [-0.1, -0.05) is 33.6 Å². The summed E-state index contributed by atoms with van der Waals surface area (Å²) in [5.41, 5.74) is 1.33. The number of hydrazone groups is 1. The first kappa shape index (κ1) is 17.0. The zero-order chi connectivity index (χ0) is 16.3. The maximum Gasteiger partial charge on any atom is 0.276 e. The van der Waals surface area contributed by atoms with Crippen LogP contribution in [0.25, 0.3) is 0 Å². The van der Waals surface area contributed by atoms with Crippen LogP contribution in [0.15, 0.2) is 55.3 Å². The zero-order valence-electron chi connectivity index (χ0n) is 11.4. The Kier molecular flexibility index (Phi) is 5.25. The lowest BCUT2D eigenvalue weighted by Gasteiger charge is -2.05. The van der Waals surface area contributed by atoms with Crippen LogP contribution >= 0.6 is 31.9 Å². The molecule has 0 amide bonds. The number of aromatic hydroxyl groups is 1. The van der Waals surface area contributed by atoms with Crippen molar-refractivity contribution in [2.75, 3.05) is 0 Å². The minimum atomic E-state index is -3.73. The minimum Gasteiger partial charge on any atom is -0.506 e. The summed E-state index contributed by atoms with van der Waals surface area (Å²) in [5.74, 6) is -0.0264. The first-order valence-corrected chi connectivity index (χ1v) is 9.16. The third-order valence-electron chi connectivity index (χ3n) is 2.77. The van der Waals surface area contributed by atoms with E-state index in [0.29, 0.717) is 10.0 Å². The van der Waals surface area contributed by atoms with Crippen LogP contribution in [0.2, 0.25) is 0 Å². The number of nitrogens with zero attached hydrogens (tertiary/aromatic N) is 1. The molecule has 2 aromatic rings. The van der Waals surface area contributed by atoms with E-state index in [0.717, 1.165) is 10.0 Å². The lowest BCUT2D eigenvalue weighted by atomic mass is 10.2. The van der Waals surface area contributed by atoms with Crippen molar-refractivity contribution in [2.24, 2.45) is 5.10 Å². The SMILES string of the molecule is Cc1ccc(S(=O)(=O)NN=Cc2cc(Br)cc(Br)c2O)cc1. The van der Waals surface area contributed by atoms with Gasteiger partial charge in [-0.3, -0.25) is 0 Å². The molecule has 0 unspecified atom stereocenters.